The van der Waals surface area contributed by atoms with Gasteiger partial charge in [-0.25, -0.2) is 0 Å². The molecule has 2 heterocycles. The van der Waals surface area contributed by atoms with E-state index in [0.717, 1.165) is 18.4 Å². The fourth-order valence-corrected chi connectivity index (χ4v) is 3.54. The average Bonchev–Trinajstić information content (AvgIpc) is 2.53. The number of benzene rings is 1. The number of piperidine rings is 1. The first kappa shape index (κ1) is 11.2. The lowest BCUT2D eigenvalue weighted by molar-refractivity contribution is -0.0493. The summed E-state index contributed by atoms with van der Waals surface area (Å²) in [6, 6.07) is 9.54. The highest BCUT2D eigenvalue weighted by Crippen LogP contribution is 2.44. The molecule has 3 rings (SSSR count). The summed E-state index contributed by atoms with van der Waals surface area (Å²) < 4.78 is 0. The first-order chi connectivity index (χ1) is 8.08. The van der Waals surface area contributed by atoms with Gasteiger partial charge in [0.2, 0.25) is 0 Å². The zero-order valence-corrected chi connectivity index (χ0v) is 10.7. The summed E-state index contributed by atoms with van der Waals surface area (Å²) >= 11 is 0. The van der Waals surface area contributed by atoms with Crippen LogP contribution >= 0.6 is 0 Å². The van der Waals surface area contributed by atoms with Crippen molar-refractivity contribution in [2.45, 2.75) is 50.3 Å². The highest BCUT2D eigenvalue weighted by atomic mass is 16.3. The Morgan fingerprint density at radius 2 is 1.65 bits per heavy atom. The van der Waals surface area contributed by atoms with Gasteiger partial charge < -0.3 is 10.0 Å². The van der Waals surface area contributed by atoms with Gasteiger partial charge in [-0.2, -0.15) is 0 Å². The highest BCUT2D eigenvalue weighted by molar-refractivity contribution is 5.28. The average molecular weight is 231 g/mol. The van der Waals surface area contributed by atoms with E-state index in [-0.39, 0.29) is 0 Å². The minimum Gasteiger partial charge on any atom is -0.385 e. The molecule has 92 valence electrons. The Balaban J connectivity index is 1.90. The number of hydrogen-bond donors (Lipinski definition) is 1. The highest BCUT2D eigenvalue weighted by Gasteiger charge is 2.46. The number of hydrogen-bond acceptors (Lipinski definition) is 2. The van der Waals surface area contributed by atoms with Gasteiger partial charge in [0, 0.05) is 12.1 Å². The van der Waals surface area contributed by atoms with Crippen molar-refractivity contribution in [3.8, 4) is 0 Å². The van der Waals surface area contributed by atoms with Crippen molar-refractivity contribution in [3.05, 3.63) is 35.4 Å². The van der Waals surface area contributed by atoms with Crippen molar-refractivity contribution in [1.29, 1.82) is 0 Å². The second kappa shape index (κ2) is 3.82. The molecular formula is C15H21NO. The van der Waals surface area contributed by atoms with Crippen LogP contribution in [0.5, 0.6) is 0 Å². The van der Waals surface area contributed by atoms with Gasteiger partial charge in [-0.1, -0.05) is 29.8 Å². The van der Waals surface area contributed by atoms with Crippen LogP contribution in [-0.4, -0.2) is 29.1 Å². The summed E-state index contributed by atoms with van der Waals surface area (Å²) in [5.74, 6) is 0. The second-order valence-corrected chi connectivity index (χ2v) is 5.86. The molecule has 1 aromatic carbocycles. The van der Waals surface area contributed by atoms with E-state index < -0.39 is 5.60 Å². The quantitative estimate of drug-likeness (QED) is 0.802. The van der Waals surface area contributed by atoms with Crippen molar-refractivity contribution in [2.24, 2.45) is 0 Å². The van der Waals surface area contributed by atoms with Crippen LogP contribution in [0.1, 0.15) is 36.8 Å². The third kappa shape index (κ3) is 1.80. The molecule has 2 nitrogen and oxygen atoms in total. The van der Waals surface area contributed by atoms with Gasteiger partial charge in [0.05, 0.1) is 5.60 Å². The van der Waals surface area contributed by atoms with Gasteiger partial charge in [-0.05, 0) is 45.2 Å². The molecule has 0 spiro atoms. The van der Waals surface area contributed by atoms with Crippen molar-refractivity contribution >= 4 is 0 Å². The molecule has 0 saturated carbocycles. The van der Waals surface area contributed by atoms with Gasteiger partial charge in [-0.3, -0.25) is 0 Å². The molecule has 2 fully saturated rings. The molecule has 2 aliphatic rings. The monoisotopic (exact) mass is 231 g/mol. The maximum atomic E-state index is 10.9. The Labute approximate surface area is 103 Å². The van der Waals surface area contributed by atoms with Gasteiger partial charge in [0.15, 0.2) is 0 Å². The molecule has 2 saturated heterocycles. The lowest BCUT2D eigenvalue weighted by Crippen LogP contribution is -2.47. The molecule has 0 aliphatic carbocycles. The van der Waals surface area contributed by atoms with Gasteiger partial charge >= 0.3 is 0 Å². The van der Waals surface area contributed by atoms with Gasteiger partial charge in [0.1, 0.15) is 0 Å². The van der Waals surface area contributed by atoms with Crippen molar-refractivity contribution in [2.75, 3.05) is 7.05 Å². The number of aryl methyl sites for hydroxylation is 1. The fraction of sp³-hybridized carbons (Fsp3) is 0.600. The molecule has 0 amide bonds. The van der Waals surface area contributed by atoms with Crippen LogP contribution in [-0.2, 0) is 5.60 Å². The first-order valence-electron chi connectivity index (χ1n) is 6.60. The number of fused-ring (bicyclic) bond motifs is 2. The molecule has 1 N–H and O–H groups in total. The first-order valence-corrected chi connectivity index (χ1v) is 6.60. The lowest BCUT2D eigenvalue weighted by Gasteiger charge is -2.42. The van der Waals surface area contributed by atoms with E-state index >= 15 is 0 Å². The van der Waals surface area contributed by atoms with E-state index in [0.29, 0.717) is 12.1 Å². The molecule has 1 aromatic rings. The Morgan fingerprint density at radius 1 is 1.12 bits per heavy atom. The van der Waals surface area contributed by atoms with Crippen LogP contribution in [0.2, 0.25) is 0 Å². The minimum atomic E-state index is -0.591. The minimum absolute atomic E-state index is 0.569. The number of rotatable bonds is 1. The van der Waals surface area contributed by atoms with Crippen LogP contribution in [0.3, 0.4) is 0 Å². The summed E-state index contributed by atoms with van der Waals surface area (Å²) in [4.78, 5) is 2.46. The van der Waals surface area contributed by atoms with Crippen LogP contribution in [0.15, 0.2) is 24.3 Å². The zero-order valence-electron chi connectivity index (χ0n) is 10.7. The van der Waals surface area contributed by atoms with Crippen LogP contribution in [0.25, 0.3) is 0 Å². The number of aliphatic hydroxyl groups is 1. The summed E-state index contributed by atoms with van der Waals surface area (Å²) in [5.41, 5.74) is 1.77. The van der Waals surface area contributed by atoms with E-state index in [2.05, 4.69) is 43.1 Å². The Morgan fingerprint density at radius 3 is 2.18 bits per heavy atom. The normalized spacial score (nSPS) is 37.4. The second-order valence-electron chi connectivity index (χ2n) is 5.86. The van der Waals surface area contributed by atoms with E-state index in [1.807, 2.05) is 0 Å². The van der Waals surface area contributed by atoms with Gasteiger partial charge in [-0.15, -0.1) is 0 Å². The maximum absolute atomic E-state index is 10.9. The van der Waals surface area contributed by atoms with E-state index in [9.17, 15) is 5.11 Å². The fourth-order valence-electron chi connectivity index (χ4n) is 3.54. The molecule has 0 aromatic heterocycles. The van der Waals surface area contributed by atoms with E-state index in [1.165, 1.54) is 18.4 Å². The smallest absolute Gasteiger partial charge is 0.0926 e. The van der Waals surface area contributed by atoms with Crippen molar-refractivity contribution in [1.82, 2.24) is 4.90 Å². The SMILES string of the molecule is Cc1ccc(C2(O)CC3CCC(C2)N3C)cc1. The third-order valence-corrected chi connectivity index (χ3v) is 4.72. The summed E-state index contributed by atoms with van der Waals surface area (Å²) in [6.07, 6.45) is 4.27. The molecule has 2 heteroatoms. The summed E-state index contributed by atoms with van der Waals surface area (Å²) in [5, 5.41) is 10.9. The molecule has 2 atom stereocenters. The van der Waals surface area contributed by atoms with Crippen LogP contribution in [0, 0.1) is 6.92 Å². The maximum Gasteiger partial charge on any atom is 0.0926 e. The molecule has 17 heavy (non-hydrogen) atoms. The number of nitrogens with zero attached hydrogens (tertiary/aromatic N) is 1. The Bertz CT molecular complexity index is 397. The summed E-state index contributed by atoms with van der Waals surface area (Å²) in [7, 11) is 2.21. The Kier molecular flexibility index (Phi) is 2.53. The molecule has 2 bridgehead atoms. The van der Waals surface area contributed by atoms with Crippen LogP contribution in [0.4, 0.5) is 0 Å². The lowest BCUT2D eigenvalue weighted by atomic mass is 9.80. The zero-order chi connectivity index (χ0) is 12.0. The van der Waals surface area contributed by atoms with E-state index in [1.54, 1.807) is 0 Å². The standard InChI is InChI=1S/C15H21NO/c1-11-3-5-12(6-4-11)15(17)9-13-7-8-14(10-15)16(13)2/h3-6,13-14,17H,7-10H2,1-2H3. The largest absolute Gasteiger partial charge is 0.385 e. The van der Waals surface area contributed by atoms with Gasteiger partial charge in [0.25, 0.3) is 0 Å². The van der Waals surface area contributed by atoms with Crippen molar-refractivity contribution in [3.63, 3.8) is 0 Å². The molecule has 0 radical (unpaired) electrons. The predicted molar refractivity (Wildman–Crippen MR) is 68.9 cm³/mol. The predicted octanol–water partition coefficient (Wildman–Crippen LogP) is 2.44. The third-order valence-electron chi connectivity index (χ3n) is 4.72. The van der Waals surface area contributed by atoms with Crippen molar-refractivity contribution < 1.29 is 5.11 Å². The Hall–Kier alpha value is -0.860. The summed E-state index contributed by atoms with van der Waals surface area (Å²) in [6.45, 7) is 2.09. The topological polar surface area (TPSA) is 23.5 Å². The molecular weight excluding hydrogens is 210 g/mol. The van der Waals surface area contributed by atoms with Crippen LogP contribution < -0.4 is 0 Å². The molecule has 2 unspecified atom stereocenters. The molecule has 2 aliphatic heterocycles. The van der Waals surface area contributed by atoms with E-state index in [4.69, 9.17) is 0 Å².